The molecule has 0 aliphatic heterocycles. The van der Waals surface area contributed by atoms with Crippen molar-refractivity contribution in [2.45, 2.75) is 25.3 Å². The van der Waals surface area contributed by atoms with E-state index in [1.165, 1.54) is 7.11 Å². The van der Waals surface area contributed by atoms with Gasteiger partial charge in [0.25, 0.3) is 0 Å². The summed E-state index contributed by atoms with van der Waals surface area (Å²) in [5.74, 6) is -0.430. The van der Waals surface area contributed by atoms with Crippen LogP contribution in [0.3, 0.4) is 0 Å². The number of alkyl halides is 1. The van der Waals surface area contributed by atoms with Gasteiger partial charge in [-0.15, -0.1) is 0 Å². The highest BCUT2D eigenvalue weighted by atomic mass is 19.1. The molecule has 2 N–H and O–H groups in total. The Bertz CT molecular complexity index is 180. The fraction of sp³-hybridized carbons (Fsp3) is 0.875. The van der Waals surface area contributed by atoms with E-state index in [2.05, 4.69) is 4.74 Å². The second kappa shape index (κ2) is 3.39. The highest BCUT2D eigenvalue weighted by Gasteiger charge is 2.50. The minimum absolute atomic E-state index is 0.290. The lowest BCUT2D eigenvalue weighted by Gasteiger charge is -2.19. The molecule has 1 saturated carbocycles. The molecule has 0 heterocycles. The highest BCUT2D eigenvalue weighted by molar-refractivity contribution is 5.77. The van der Waals surface area contributed by atoms with Crippen molar-refractivity contribution in [2.24, 2.45) is 11.1 Å². The Morgan fingerprint density at radius 1 is 1.75 bits per heavy atom. The third-order valence-corrected chi connectivity index (χ3v) is 2.60. The number of methoxy groups -OCH3 is 1. The summed E-state index contributed by atoms with van der Waals surface area (Å²) in [4.78, 5) is 11.0. The molecule has 0 bridgehead atoms. The zero-order valence-electron chi connectivity index (χ0n) is 7.18. The number of esters is 1. The van der Waals surface area contributed by atoms with Crippen molar-refractivity contribution >= 4 is 5.97 Å². The van der Waals surface area contributed by atoms with Gasteiger partial charge in [0.15, 0.2) is 0 Å². The van der Waals surface area contributed by atoms with Gasteiger partial charge in [-0.2, -0.15) is 0 Å². The topological polar surface area (TPSA) is 52.3 Å². The SMILES string of the molecule is COC(=O)C(N)C1(CCF)CC1. The maximum absolute atomic E-state index is 12.0. The van der Waals surface area contributed by atoms with E-state index in [0.29, 0.717) is 6.42 Å². The summed E-state index contributed by atoms with van der Waals surface area (Å²) in [6.45, 7) is -0.412. The number of carbonyl (C=O) groups excluding carboxylic acids is 1. The Labute approximate surface area is 71.1 Å². The highest BCUT2D eigenvalue weighted by Crippen LogP contribution is 2.51. The van der Waals surface area contributed by atoms with Gasteiger partial charge in [0.1, 0.15) is 6.04 Å². The van der Waals surface area contributed by atoms with Gasteiger partial charge >= 0.3 is 5.97 Å². The summed E-state index contributed by atoms with van der Waals surface area (Å²) >= 11 is 0. The van der Waals surface area contributed by atoms with Crippen LogP contribution in [0.1, 0.15) is 19.3 Å². The van der Waals surface area contributed by atoms with E-state index in [4.69, 9.17) is 5.73 Å². The number of carbonyl (C=O) groups is 1. The van der Waals surface area contributed by atoms with Crippen molar-refractivity contribution in [3.05, 3.63) is 0 Å². The van der Waals surface area contributed by atoms with Crippen molar-refractivity contribution in [1.29, 1.82) is 0 Å². The average Bonchev–Trinajstić information content (AvgIpc) is 2.84. The Kier molecular flexibility index (Phi) is 2.67. The molecule has 1 rings (SSSR count). The summed E-state index contributed by atoms with van der Waals surface area (Å²) in [6.07, 6.45) is 2.06. The van der Waals surface area contributed by atoms with Gasteiger partial charge in [0.2, 0.25) is 0 Å². The molecule has 4 heteroatoms. The molecule has 1 aliphatic rings. The molecule has 1 fully saturated rings. The molecule has 0 amide bonds. The number of rotatable bonds is 4. The first-order valence-electron chi connectivity index (χ1n) is 4.06. The number of halogens is 1. The van der Waals surface area contributed by atoms with E-state index in [-0.39, 0.29) is 5.41 Å². The van der Waals surface area contributed by atoms with Crippen molar-refractivity contribution in [3.63, 3.8) is 0 Å². The fourth-order valence-electron chi connectivity index (χ4n) is 1.44. The van der Waals surface area contributed by atoms with E-state index in [1.807, 2.05) is 0 Å². The molecule has 1 unspecified atom stereocenters. The van der Waals surface area contributed by atoms with E-state index < -0.39 is 18.7 Å². The molecule has 1 aliphatic carbocycles. The van der Waals surface area contributed by atoms with Gasteiger partial charge in [-0.3, -0.25) is 9.18 Å². The molecule has 0 saturated heterocycles. The zero-order valence-corrected chi connectivity index (χ0v) is 7.18. The number of hydrogen-bond donors (Lipinski definition) is 1. The second-order valence-corrected chi connectivity index (χ2v) is 3.30. The van der Waals surface area contributed by atoms with Gasteiger partial charge in [0, 0.05) is 0 Å². The molecular formula is C8H14FNO2. The maximum atomic E-state index is 12.0. The van der Waals surface area contributed by atoms with E-state index >= 15 is 0 Å². The Morgan fingerprint density at radius 2 is 2.33 bits per heavy atom. The van der Waals surface area contributed by atoms with Crippen LogP contribution in [0.5, 0.6) is 0 Å². The van der Waals surface area contributed by atoms with Crippen LogP contribution in [0.15, 0.2) is 0 Å². The minimum atomic E-state index is -0.641. The first kappa shape index (κ1) is 9.45. The number of hydrogen-bond acceptors (Lipinski definition) is 3. The summed E-state index contributed by atoms with van der Waals surface area (Å²) in [6, 6.07) is -0.641. The van der Waals surface area contributed by atoms with E-state index in [0.717, 1.165) is 12.8 Å². The van der Waals surface area contributed by atoms with Gasteiger partial charge in [-0.25, -0.2) is 0 Å². The lowest BCUT2D eigenvalue weighted by molar-refractivity contribution is -0.144. The smallest absolute Gasteiger partial charge is 0.323 e. The third-order valence-electron chi connectivity index (χ3n) is 2.60. The van der Waals surface area contributed by atoms with Crippen LogP contribution in [-0.2, 0) is 9.53 Å². The van der Waals surface area contributed by atoms with Crippen molar-refractivity contribution in [3.8, 4) is 0 Å². The van der Waals surface area contributed by atoms with Gasteiger partial charge in [-0.1, -0.05) is 0 Å². The molecule has 0 aromatic carbocycles. The van der Waals surface area contributed by atoms with Gasteiger partial charge in [0.05, 0.1) is 13.8 Å². The van der Waals surface area contributed by atoms with Crippen molar-refractivity contribution in [1.82, 2.24) is 0 Å². The molecule has 12 heavy (non-hydrogen) atoms. The first-order chi connectivity index (χ1) is 5.66. The zero-order chi connectivity index (χ0) is 9.19. The molecule has 70 valence electrons. The molecule has 0 radical (unpaired) electrons. The largest absolute Gasteiger partial charge is 0.468 e. The van der Waals surface area contributed by atoms with Crippen LogP contribution < -0.4 is 5.73 Å². The summed E-state index contributed by atoms with van der Waals surface area (Å²) in [5, 5.41) is 0. The van der Waals surface area contributed by atoms with Crippen molar-refractivity contribution in [2.75, 3.05) is 13.8 Å². The quantitative estimate of drug-likeness (QED) is 0.637. The third kappa shape index (κ3) is 1.58. The van der Waals surface area contributed by atoms with E-state index in [9.17, 15) is 9.18 Å². The van der Waals surface area contributed by atoms with Crippen LogP contribution in [0.4, 0.5) is 4.39 Å². The van der Waals surface area contributed by atoms with Gasteiger partial charge < -0.3 is 10.5 Å². The molecule has 3 nitrogen and oxygen atoms in total. The predicted molar refractivity (Wildman–Crippen MR) is 42.3 cm³/mol. The molecule has 1 atom stereocenters. The summed E-state index contributed by atoms with van der Waals surface area (Å²) in [5.41, 5.74) is 5.32. The van der Waals surface area contributed by atoms with Crippen LogP contribution in [0.2, 0.25) is 0 Å². The van der Waals surface area contributed by atoms with Gasteiger partial charge in [-0.05, 0) is 24.7 Å². The average molecular weight is 175 g/mol. The number of nitrogens with two attached hydrogens (primary N) is 1. The van der Waals surface area contributed by atoms with Crippen LogP contribution >= 0.6 is 0 Å². The normalized spacial score (nSPS) is 21.6. The van der Waals surface area contributed by atoms with Crippen molar-refractivity contribution < 1.29 is 13.9 Å². The monoisotopic (exact) mass is 175 g/mol. The standard InChI is InChI=1S/C8H14FNO2/c1-12-7(11)6(10)8(2-3-8)4-5-9/h6H,2-5,10H2,1H3. The molecule has 0 aromatic rings. The maximum Gasteiger partial charge on any atom is 0.323 e. The molecule has 0 aromatic heterocycles. The Hall–Kier alpha value is -0.640. The Balaban J connectivity index is 2.50. The number of ether oxygens (including phenoxy) is 1. The second-order valence-electron chi connectivity index (χ2n) is 3.30. The Morgan fingerprint density at radius 3 is 2.67 bits per heavy atom. The summed E-state index contributed by atoms with van der Waals surface area (Å²) in [7, 11) is 1.30. The summed E-state index contributed by atoms with van der Waals surface area (Å²) < 4.78 is 16.5. The predicted octanol–water partition coefficient (Wildman–Crippen LogP) is 0.626. The first-order valence-corrected chi connectivity index (χ1v) is 4.06. The lowest BCUT2D eigenvalue weighted by Crippen LogP contribution is -2.40. The van der Waals surface area contributed by atoms with Crippen LogP contribution in [0.25, 0.3) is 0 Å². The molecule has 0 spiro atoms. The van der Waals surface area contributed by atoms with E-state index in [1.54, 1.807) is 0 Å². The molecular weight excluding hydrogens is 161 g/mol. The van der Waals surface area contributed by atoms with Crippen LogP contribution in [-0.4, -0.2) is 25.8 Å². The van der Waals surface area contributed by atoms with Crippen LogP contribution in [0, 0.1) is 5.41 Å². The fourth-order valence-corrected chi connectivity index (χ4v) is 1.44. The minimum Gasteiger partial charge on any atom is -0.468 e. The lowest BCUT2D eigenvalue weighted by atomic mass is 9.94.